The highest BCUT2D eigenvalue weighted by Gasteiger charge is 2.41. The number of carbonyl (C=O) groups is 1. The van der Waals surface area contributed by atoms with Gasteiger partial charge in [-0.2, -0.15) is 0 Å². The van der Waals surface area contributed by atoms with Gasteiger partial charge in [-0.25, -0.2) is 0 Å². The molecular weight excluding hydrogens is 583 g/mol. The normalized spacial score (nSPS) is 22.4. The maximum absolute atomic E-state index is 12.3. The minimum Gasteiger partial charge on any atom is -0.395 e. The molecule has 0 spiro atoms. The van der Waals surface area contributed by atoms with Crippen molar-refractivity contribution in [1.82, 2.24) is 10.6 Å². The molecule has 0 bridgehead atoms. The number of carbonyl (C=O) groups excluding carboxylic acids is 1. The van der Waals surface area contributed by atoms with Gasteiger partial charge in [0.2, 0.25) is 5.91 Å². The lowest BCUT2D eigenvalue weighted by Crippen LogP contribution is -2.38. The average molecular weight is 649 g/mol. The number of rotatable bonds is 29. The van der Waals surface area contributed by atoms with Crippen LogP contribution in [0.15, 0.2) is 12.2 Å². The predicted molar refractivity (Wildman–Crippen MR) is 177 cm³/mol. The van der Waals surface area contributed by atoms with Crippen molar-refractivity contribution >= 4 is 13.5 Å². The molecule has 44 heavy (non-hydrogen) atoms. The van der Waals surface area contributed by atoms with E-state index in [0.717, 1.165) is 19.3 Å². The Balaban J connectivity index is 1.90. The monoisotopic (exact) mass is 648 g/mol. The van der Waals surface area contributed by atoms with Gasteiger partial charge in [-0.05, 0) is 44.9 Å². The third-order valence-corrected chi connectivity index (χ3v) is 9.84. The van der Waals surface area contributed by atoms with E-state index in [1.165, 1.54) is 89.9 Å². The zero-order chi connectivity index (χ0) is 32.5. The third-order valence-electron chi connectivity index (χ3n) is 8.37. The van der Waals surface area contributed by atoms with Gasteiger partial charge in [-0.1, -0.05) is 96.1 Å². The minimum atomic E-state index is -4.06. The van der Waals surface area contributed by atoms with Crippen molar-refractivity contribution in [3.63, 3.8) is 0 Å². The van der Waals surface area contributed by atoms with E-state index < -0.39 is 44.2 Å². The number of aliphatic hydroxyl groups excluding tert-OH is 4. The highest BCUT2D eigenvalue weighted by molar-refractivity contribution is 7.52. The summed E-state index contributed by atoms with van der Waals surface area (Å²) in [6.07, 6.45) is 22.8. The molecule has 0 saturated carbocycles. The summed E-state index contributed by atoms with van der Waals surface area (Å²) < 4.78 is 17.3. The molecule has 1 amide bonds. The summed E-state index contributed by atoms with van der Waals surface area (Å²) in [6, 6.07) is -1.42. The molecule has 1 heterocycles. The number of allylic oxidation sites excluding steroid dienone is 2. The van der Waals surface area contributed by atoms with Gasteiger partial charge in [-0.3, -0.25) is 9.36 Å². The Hall–Kier alpha value is -0.840. The summed E-state index contributed by atoms with van der Waals surface area (Å²) in [6.45, 7) is 2.19. The molecule has 0 aliphatic carbocycles. The summed E-state index contributed by atoms with van der Waals surface area (Å²) in [5.74, 6) is -0.0281. The molecule has 10 nitrogen and oxygen atoms in total. The Morgan fingerprint density at radius 3 is 1.91 bits per heavy atom. The molecule has 0 radical (unpaired) electrons. The number of hydrogen-bond donors (Lipinski definition) is 7. The molecule has 6 atom stereocenters. The Kier molecular flexibility index (Phi) is 24.6. The fraction of sp³-hybridized carbons (Fsp3) is 0.909. The van der Waals surface area contributed by atoms with E-state index in [4.69, 9.17) is 4.52 Å². The smallest absolute Gasteiger partial charge is 0.330 e. The van der Waals surface area contributed by atoms with Gasteiger partial charge in [0.15, 0.2) is 0 Å². The van der Waals surface area contributed by atoms with Gasteiger partial charge in [0.1, 0.15) is 0 Å². The van der Waals surface area contributed by atoms with E-state index in [-0.39, 0.29) is 25.5 Å². The lowest BCUT2D eigenvalue weighted by atomic mass is 10.0. The van der Waals surface area contributed by atoms with E-state index >= 15 is 0 Å². The number of aliphatic hydroxyl groups is 4. The van der Waals surface area contributed by atoms with Crippen LogP contribution in [0.4, 0.5) is 0 Å². The zero-order valence-corrected chi connectivity index (χ0v) is 28.3. The average Bonchev–Trinajstić information content (AvgIpc) is 3.25. The lowest BCUT2D eigenvalue weighted by Gasteiger charge is -2.21. The van der Waals surface area contributed by atoms with Crippen LogP contribution in [0, 0.1) is 0 Å². The Bertz CT molecular complexity index is 787. The fourth-order valence-electron chi connectivity index (χ4n) is 5.66. The summed E-state index contributed by atoms with van der Waals surface area (Å²) in [4.78, 5) is 22.1. The first-order valence-electron chi connectivity index (χ1n) is 17.5. The fourth-order valence-corrected chi connectivity index (χ4v) is 6.86. The quantitative estimate of drug-likeness (QED) is 0.0332. The van der Waals surface area contributed by atoms with E-state index in [0.29, 0.717) is 19.4 Å². The van der Waals surface area contributed by atoms with Gasteiger partial charge in [0, 0.05) is 19.0 Å². The third kappa shape index (κ3) is 21.0. The molecular formula is C33H65N2O8P. The van der Waals surface area contributed by atoms with E-state index in [9.17, 15) is 34.7 Å². The molecule has 1 aliphatic heterocycles. The molecule has 11 heteroatoms. The summed E-state index contributed by atoms with van der Waals surface area (Å²) >= 11 is 0. The second-order valence-electron chi connectivity index (χ2n) is 12.5. The molecule has 1 unspecified atom stereocenters. The van der Waals surface area contributed by atoms with Crippen molar-refractivity contribution in [1.29, 1.82) is 0 Å². The summed E-state index contributed by atoms with van der Waals surface area (Å²) in [7, 11) is -4.06. The van der Waals surface area contributed by atoms with Crippen molar-refractivity contribution in [2.75, 3.05) is 25.9 Å². The van der Waals surface area contributed by atoms with E-state index in [1.807, 2.05) is 0 Å². The van der Waals surface area contributed by atoms with Crippen molar-refractivity contribution in [2.24, 2.45) is 0 Å². The molecule has 0 aromatic heterocycles. The van der Waals surface area contributed by atoms with Crippen molar-refractivity contribution in [2.45, 2.75) is 166 Å². The Morgan fingerprint density at radius 2 is 1.36 bits per heavy atom. The highest BCUT2D eigenvalue weighted by Crippen LogP contribution is 2.43. The van der Waals surface area contributed by atoms with Gasteiger partial charge in [0.25, 0.3) is 0 Å². The molecule has 7 N–H and O–H groups in total. The SMILES string of the molecule is CCCCCCCC/C=C\CCCCCCCCCCCC(=O)NCCCOP(=O)(O)C[C@H](O)C[C@H]1N[C@H](CO)[C@@H](O)[C@@H]1O. The largest absolute Gasteiger partial charge is 0.395 e. The van der Waals surface area contributed by atoms with E-state index in [2.05, 4.69) is 29.7 Å². The maximum atomic E-state index is 12.3. The van der Waals surface area contributed by atoms with Crippen LogP contribution < -0.4 is 10.6 Å². The van der Waals surface area contributed by atoms with Crippen molar-refractivity contribution in [3.05, 3.63) is 12.2 Å². The highest BCUT2D eigenvalue weighted by atomic mass is 31.2. The molecule has 0 aromatic carbocycles. The summed E-state index contributed by atoms with van der Waals surface area (Å²) in [5, 5.41) is 44.8. The topological polar surface area (TPSA) is 169 Å². The number of amides is 1. The summed E-state index contributed by atoms with van der Waals surface area (Å²) in [5.41, 5.74) is 0. The predicted octanol–water partition coefficient (Wildman–Crippen LogP) is 5.10. The van der Waals surface area contributed by atoms with Crippen molar-refractivity contribution < 1.29 is 39.2 Å². The van der Waals surface area contributed by atoms with Crippen LogP contribution in [-0.2, 0) is 13.9 Å². The second kappa shape index (κ2) is 26.3. The molecule has 0 aromatic rings. The maximum Gasteiger partial charge on any atom is 0.330 e. The van der Waals surface area contributed by atoms with Crippen molar-refractivity contribution in [3.8, 4) is 0 Å². The molecule has 1 fully saturated rings. The van der Waals surface area contributed by atoms with Gasteiger partial charge >= 0.3 is 7.60 Å². The van der Waals surface area contributed by atoms with Crippen LogP contribution >= 0.6 is 7.60 Å². The standard InChI is InChI=1S/C33H65N2O8P/c1-2-3-4-5-6-7-8-9-10-11-12-13-14-15-16-17-18-19-20-22-31(38)34-23-21-24-43-44(41,42)27-28(37)25-29-32(39)33(40)30(26-36)35-29/h9-10,28-30,32-33,35-37,39-40H,2-8,11-27H2,1H3,(H,34,38)(H,41,42)/b10-9-/t28-,29-,30-,32-,33-/m1/s1. The van der Waals surface area contributed by atoms with Crippen LogP contribution in [0.3, 0.4) is 0 Å². The minimum absolute atomic E-state index is 0.0281. The number of unbranched alkanes of at least 4 members (excludes halogenated alkanes) is 15. The lowest BCUT2D eigenvalue weighted by molar-refractivity contribution is -0.121. The van der Waals surface area contributed by atoms with Gasteiger partial charge in [-0.15, -0.1) is 0 Å². The van der Waals surface area contributed by atoms with Crippen LogP contribution in [0.1, 0.15) is 135 Å². The zero-order valence-electron chi connectivity index (χ0n) is 27.4. The van der Waals surface area contributed by atoms with Crippen LogP contribution in [0.2, 0.25) is 0 Å². The van der Waals surface area contributed by atoms with Crippen LogP contribution in [0.5, 0.6) is 0 Å². The first-order valence-corrected chi connectivity index (χ1v) is 19.3. The molecule has 260 valence electrons. The molecule has 1 aliphatic rings. The Morgan fingerprint density at radius 1 is 0.841 bits per heavy atom. The van der Waals surface area contributed by atoms with E-state index in [1.54, 1.807) is 0 Å². The first kappa shape index (κ1) is 41.2. The second-order valence-corrected chi connectivity index (χ2v) is 14.4. The van der Waals surface area contributed by atoms with Gasteiger partial charge in [0.05, 0.1) is 43.7 Å². The number of nitrogens with one attached hydrogen (secondary N) is 2. The van der Waals surface area contributed by atoms with Crippen LogP contribution in [-0.4, -0.2) is 87.5 Å². The molecule has 1 rings (SSSR count). The number of hydrogen-bond acceptors (Lipinski definition) is 8. The Labute approximate surface area is 267 Å². The first-order chi connectivity index (χ1) is 21.2. The molecule has 1 saturated heterocycles. The van der Waals surface area contributed by atoms with Crippen LogP contribution in [0.25, 0.3) is 0 Å². The van der Waals surface area contributed by atoms with Gasteiger partial charge < -0.3 is 40.5 Å².